The van der Waals surface area contributed by atoms with Gasteiger partial charge in [0.15, 0.2) is 11.5 Å². The lowest BCUT2D eigenvalue weighted by Gasteiger charge is -2.29. The summed E-state index contributed by atoms with van der Waals surface area (Å²) in [6.07, 6.45) is 4.57. The van der Waals surface area contributed by atoms with E-state index in [4.69, 9.17) is 14.2 Å². The van der Waals surface area contributed by atoms with Crippen LogP contribution in [0.25, 0.3) is 0 Å². The zero-order chi connectivity index (χ0) is 25.5. The van der Waals surface area contributed by atoms with E-state index in [9.17, 15) is 9.59 Å². The molecule has 3 aromatic rings. The summed E-state index contributed by atoms with van der Waals surface area (Å²) in [4.78, 5) is 32.7. The molecule has 10 nitrogen and oxygen atoms in total. The quantitative estimate of drug-likeness (QED) is 0.484. The lowest BCUT2D eigenvalue weighted by Crippen LogP contribution is -2.42. The molecule has 1 aromatic heterocycles. The average molecular weight is 490 g/mol. The van der Waals surface area contributed by atoms with E-state index in [0.717, 1.165) is 11.1 Å². The summed E-state index contributed by atoms with van der Waals surface area (Å²) in [7, 11) is 3.15. The van der Waals surface area contributed by atoms with Crippen molar-refractivity contribution in [2.24, 2.45) is 5.10 Å². The van der Waals surface area contributed by atoms with Gasteiger partial charge in [0.2, 0.25) is 0 Å². The van der Waals surface area contributed by atoms with Crippen LogP contribution < -0.4 is 14.8 Å². The predicted molar refractivity (Wildman–Crippen MR) is 133 cm³/mol. The molecule has 1 unspecified atom stereocenters. The third-order valence-corrected chi connectivity index (χ3v) is 5.66. The molecular formula is C26H27N5O5. The number of ether oxygens (including phenoxy) is 3. The van der Waals surface area contributed by atoms with Crippen molar-refractivity contribution in [3.8, 4) is 11.5 Å². The van der Waals surface area contributed by atoms with Crippen LogP contribution in [0.5, 0.6) is 11.5 Å². The Labute approximate surface area is 208 Å². The highest BCUT2D eigenvalue weighted by Gasteiger charge is 2.31. The van der Waals surface area contributed by atoms with Gasteiger partial charge in [-0.05, 0) is 48.7 Å². The summed E-state index contributed by atoms with van der Waals surface area (Å²) < 4.78 is 16.4. The first-order chi connectivity index (χ1) is 17.5. The number of amides is 2. The molecule has 0 saturated carbocycles. The van der Waals surface area contributed by atoms with Crippen molar-refractivity contribution < 1.29 is 23.8 Å². The van der Waals surface area contributed by atoms with Crippen LogP contribution in [0.1, 0.15) is 35.0 Å². The first kappa shape index (κ1) is 24.6. The number of nitrogens with zero attached hydrogens (tertiary/aromatic N) is 4. The van der Waals surface area contributed by atoms with Crippen molar-refractivity contribution in [2.75, 3.05) is 26.1 Å². The molecule has 4 rings (SSSR count). The fraction of sp³-hybridized carbons (Fsp3) is 0.269. The molecule has 2 aromatic carbocycles. The number of hydrazone groups is 1. The summed E-state index contributed by atoms with van der Waals surface area (Å²) >= 11 is 0. The van der Waals surface area contributed by atoms with Crippen molar-refractivity contribution in [1.29, 1.82) is 0 Å². The molecule has 10 heteroatoms. The minimum absolute atomic E-state index is 0.235. The summed E-state index contributed by atoms with van der Waals surface area (Å²) in [6, 6.07) is 12.9. The molecule has 2 amide bonds. The third-order valence-electron chi connectivity index (χ3n) is 5.66. The van der Waals surface area contributed by atoms with Gasteiger partial charge in [0.1, 0.15) is 17.5 Å². The van der Waals surface area contributed by atoms with E-state index in [1.54, 1.807) is 32.4 Å². The van der Waals surface area contributed by atoms with Crippen LogP contribution in [0.4, 0.5) is 10.5 Å². The molecule has 186 valence electrons. The van der Waals surface area contributed by atoms with Gasteiger partial charge in [-0.25, -0.2) is 9.78 Å². The van der Waals surface area contributed by atoms with Crippen molar-refractivity contribution >= 4 is 23.4 Å². The summed E-state index contributed by atoms with van der Waals surface area (Å²) in [5.74, 6) is 0.841. The number of hydrogen-bond acceptors (Lipinski definition) is 8. The standard InChI is InChI=1S/C26H27N5O5/c1-4-21-24(18-7-10-22(34-2)23(15-18)35-3)30-31(26(33)36-21)14-11-17-5-8-19(9-6-17)29-25(32)20-16-27-12-13-28-20/h5-10,12-13,15-16,21H,4,11,14H2,1-3H3,(H,29,32). The Bertz CT molecular complexity index is 1250. The molecule has 2 heterocycles. The number of methoxy groups -OCH3 is 2. The lowest BCUT2D eigenvalue weighted by molar-refractivity contribution is 0.0741. The van der Waals surface area contributed by atoms with Gasteiger partial charge in [-0.1, -0.05) is 19.1 Å². The van der Waals surface area contributed by atoms with Gasteiger partial charge in [0.05, 0.1) is 27.0 Å². The maximum atomic E-state index is 12.6. The molecule has 0 spiro atoms. The molecule has 1 aliphatic heterocycles. The maximum absolute atomic E-state index is 12.6. The molecule has 36 heavy (non-hydrogen) atoms. The second kappa shape index (κ2) is 11.3. The summed E-state index contributed by atoms with van der Waals surface area (Å²) in [6.45, 7) is 2.27. The van der Waals surface area contributed by atoms with Gasteiger partial charge in [-0.3, -0.25) is 9.78 Å². The highest BCUT2D eigenvalue weighted by molar-refractivity contribution is 6.06. The fourth-order valence-electron chi connectivity index (χ4n) is 3.73. The number of anilines is 1. The van der Waals surface area contributed by atoms with E-state index in [2.05, 4.69) is 20.4 Å². The van der Waals surface area contributed by atoms with Gasteiger partial charge in [-0.2, -0.15) is 10.1 Å². The van der Waals surface area contributed by atoms with Crippen LogP contribution in [-0.2, 0) is 11.2 Å². The minimum atomic E-state index is -0.487. The van der Waals surface area contributed by atoms with E-state index in [-0.39, 0.29) is 11.6 Å². The Hall–Kier alpha value is -4.47. The SMILES string of the molecule is CCC1OC(=O)N(CCc2ccc(NC(=O)c3cnccn3)cc2)N=C1c1ccc(OC)c(OC)c1. The summed E-state index contributed by atoms with van der Waals surface area (Å²) in [5, 5.41) is 8.75. The predicted octanol–water partition coefficient (Wildman–Crippen LogP) is 3.92. The molecule has 0 radical (unpaired) electrons. The van der Waals surface area contributed by atoms with Crippen LogP contribution in [0.2, 0.25) is 0 Å². The van der Waals surface area contributed by atoms with Gasteiger partial charge >= 0.3 is 6.09 Å². The van der Waals surface area contributed by atoms with Gasteiger partial charge in [0, 0.05) is 23.6 Å². The molecule has 0 fully saturated rings. The number of benzene rings is 2. The molecule has 0 aliphatic carbocycles. The van der Waals surface area contributed by atoms with Gasteiger partial charge < -0.3 is 19.5 Å². The number of carbonyl (C=O) groups excluding carboxylic acids is 2. The largest absolute Gasteiger partial charge is 0.493 e. The van der Waals surface area contributed by atoms with Crippen molar-refractivity contribution in [3.05, 3.63) is 77.9 Å². The van der Waals surface area contributed by atoms with Gasteiger partial charge in [-0.15, -0.1) is 0 Å². The number of nitrogens with one attached hydrogen (secondary N) is 1. The molecule has 0 saturated heterocycles. The number of hydrogen-bond donors (Lipinski definition) is 1. The molecule has 0 bridgehead atoms. The number of cyclic esters (lactones) is 1. The Balaban J connectivity index is 1.45. The van der Waals surface area contributed by atoms with E-state index in [1.165, 1.54) is 23.6 Å². The lowest BCUT2D eigenvalue weighted by atomic mass is 10.0. The maximum Gasteiger partial charge on any atom is 0.431 e. The van der Waals surface area contributed by atoms with E-state index >= 15 is 0 Å². The van der Waals surface area contributed by atoms with E-state index in [0.29, 0.717) is 42.3 Å². The topological polar surface area (TPSA) is 115 Å². The molecule has 1 atom stereocenters. The highest BCUT2D eigenvalue weighted by atomic mass is 16.6. The zero-order valence-corrected chi connectivity index (χ0v) is 20.3. The number of rotatable bonds is 9. The first-order valence-electron chi connectivity index (χ1n) is 11.5. The zero-order valence-electron chi connectivity index (χ0n) is 20.3. The Morgan fingerprint density at radius 1 is 1.08 bits per heavy atom. The minimum Gasteiger partial charge on any atom is -0.493 e. The number of carbonyl (C=O) groups is 2. The highest BCUT2D eigenvalue weighted by Crippen LogP contribution is 2.30. The van der Waals surface area contributed by atoms with Crippen LogP contribution in [0, 0.1) is 0 Å². The van der Waals surface area contributed by atoms with Crippen LogP contribution in [0.15, 0.2) is 66.2 Å². The van der Waals surface area contributed by atoms with Crippen molar-refractivity contribution in [2.45, 2.75) is 25.9 Å². The first-order valence-corrected chi connectivity index (χ1v) is 11.5. The second-order valence-electron chi connectivity index (χ2n) is 7.95. The molecular weight excluding hydrogens is 462 g/mol. The van der Waals surface area contributed by atoms with Crippen molar-refractivity contribution in [1.82, 2.24) is 15.0 Å². The number of aromatic nitrogens is 2. The normalized spacial score (nSPS) is 15.1. The monoisotopic (exact) mass is 489 g/mol. The van der Waals surface area contributed by atoms with Crippen molar-refractivity contribution in [3.63, 3.8) is 0 Å². The molecule has 1 N–H and O–H groups in total. The third kappa shape index (κ3) is 5.60. The van der Waals surface area contributed by atoms with Gasteiger partial charge in [0.25, 0.3) is 5.91 Å². The Kier molecular flexibility index (Phi) is 7.74. The summed E-state index contributed by atoms with van der Waals surface area (Å²) in [5.41, 5.74) is 3.28. The van der Waals surface area contributed by atoms with Crippen LogP contribution in [0.3, 0.4) is 0 Å². The second-order valence-corrected chi connectivity index (χ2v) is 7.95. The smallest absolute Gasteiger partial charge is 0.431 e. The molecule has 1 aliphatic rings. The van der Waals surface area contributed by atoms with E-state index < -0.39 is 12.2 Å². The Morgan fingerprint density at radius 3 is 2.53 bits per heavy atom. The Morgan fingerprint density at radius 2 is 1.86 bits per heavy atom. The van der Waals surface area contributed by atoms with Crippen LogP contribution in [-0.4, -0.2) is 59.6 Å². The van der Waals surface area contributed by atoms with E-state index in [1.807, 2.05) is 31.2 Å². The average Bonchev–Trinajstić information content (AvgIpc) is 2.93. The van der Waals surface area contributed by atoms with Crippen LogP contribution >= 0.6 is 0 Å². The fourth-order valence-corrected chi connectivity index (χ4v) is 3.73.